The first-order valence-corrected chi connectivity index (χ1v) is 15.6. The Balaban J connectivity index is 1.19. The molecule has 0 spiro atoms. The van der Waals surface area contributed by atoms with Gasteiger partial charge in [0, 0.05) is 43.6 Å². The van der Waals surface area contributed by atoms with E-state index >= 15 is 0 Å². The summed E-state index contributed by atoms with van der Waals surface area (Å²) >= 11 is 1.94. The van der Waals surface area contributed by atoms with E-state index in [1.807, 2.05) is 17.4 Å². The minimum atomic E-state index is 0.0156. The van der Waals surface area contributed by atoms with Crippen LogP contribution in [0.1, 0.15) is 40.3 Å². The van der Waals surface area contributed by atoms with Gasteiger partial charge in [0.2, 0.25) is 0 Å². The second kappa shape index (κ2) is 8.71. The SMILES string of the molecule is C=CCC1C(=C)c2c(ccc3c2OC2C=CC4=C(C32)C2C=CC=C[C@H]2C=C4)N1c1ccc2sc3c(c2c1)C=CCC3. The van der Waals surface area contributed by atoms with E-state index in [0.29, 0.717) is 11.8 Å². The van der Waals surface area contributed by atoms with Gasteiger partial charge in [-0.2, -0.15) is 0 Å². The maximum Gasteiger partial charge on any atom is 0.133 e. The zero-order valence-electron chi connectivity index (χ0n) is 22.9. The molecule has 0 bridgehead atoms. The molecule has 0 saturated carbocycles. The Morgan fingerprint density at radius 2 is 1.93 bits per heavy atom. The van der Waals surface area contributed by atoms with Crippen LogP contribution in [-0.4, -0.2) is 12.1 Å². The van der Waals surface area contributed by atoms with Gasteiger partial charge in [0.05, 0.1) is 17.6 Å². The molecule has 0 amide bonds. The number of nitrogens with zero attached hydrogens (tertiary/aromatic N) is 1. The highest BCUT2D eigenvalue weighted by molar-refractivity contribution is 7.19. The number of aryl methyl sites for hydroxylation is 1. The van der Waals surface area contributed by atoms with E-state index in [-0.39, 0.29) is 18.1 Å². The third-order valence-electron chi connectivity index (χ3n) is 9.82. The van der Waals surface area contributed by atoms with Crippen LogP contribution in [0.5, 0.6) is 5.75 Å². The van der Waals surface area contributed by atoms with Gasteiger partial charge in [0.15, 0.2) is 0 Å². The first kappa shape index (κ1) is 23.6. The molecule has 6 aliphatic rings. The molecule has 2 aromatic carbocycles. The number of rotatable bonds is 3. The molecule has 3 heteroatoms. The Kier molecular flexibility index (Phi) is 5.01. The van der Waals surface area contributed by atoms with Crippen LogP contribution in [0.2, 0.25) is 0 Å². The Labute approximate surface area is 245 Å². The molecule has 0 saturated heterocycles. The van der Waals surface area contributed by atoms with Crippen molar-refractivity contribution in [1.29, 1.82) is 0 Å². The van der Waals surface area contributed by atoms with E-state index in [0.717, 1.165) is 30.6 Å². The quantitative estimate of drug-likeness (QED) is 0.302. The van der Waals surface area contributed by atoms with Gasteiger partial charge >= 0.3 is 0 Å². The number of fused-ring (bicyclic) bond motifs is 11. The van der Waals surface area contributed by atoms with E-state index in [4.69, 9.17) is 11.3 Å². The van der Waals surface area contributed by atoms with Gasteiger partial charge in [0.1, 0.15) is 11.9 Å². The summed E-state index contributed by atoms with van der Waals surface area (Å²) in [6.07, 6.45) is 28.1. The highest BCUT2D eigenvalue weighted by Crippen LogP contribution is 2.58. The minimum absolute atomic E-state index is 0.0156. The third-order valence-corrected chi connectivity index (χ3v) is 11.1. The monoisotopic (exact) mass is 549 g/mol. The van der Waals surface area contributed by atoms with E-state index in [1.54, 1.807) is 0 Å². The van der Waals surface area contributed by atoms with Crippen molar-refractivity contribution in [2.24, 2.45) is 11.8 Å². The molecule has 0 radical (unpaired) electrons. The first-order chi connectivity index (χ1) is 20.2. The number of benzene rings is 2. The zero-order valence-corrected chi connectivity index (χ0v) is 23.7. The molecule has 0 N–H and O–H groups in total. The highest BCUT2D eigenvalue weighted by Gasteiger charge is 2.46. The summed E-state index contributed by atoms with van der Waals surface area (Å²) in [4.78, 5) is 3.99. The average molecular weight is 550 g/mol. The van der Waals surface area contributed by atoms with Crippen molar-refractivity contribution in [3.63, 3.8) is 0 Å². The van der Waals surface area contributed by atoms with Crippen molar-refractivity contribution in [2.75, 3.05) is 4.90 Å². The van der Waals surface area contributed by atoms with Crippen molar-refractivity contribution in [1.82, 2.24) is 0 Å². The van der Waals surface area contributed by atoms with E-state index in [1.165, 1.54) is 54.2 Å². The molecule has 5 atom stereocenters. The standard InChI is InChI=1S/C38H31NOS/c1-3-8-30-22(2)35-31(39(30)25-16-20-34-29(21-25)27-11-6-7-12-33(27)41-34)18-17-28-37-32(40-38(28)35)19-15-24-14-13-23-9-4-5-10-26(23)36(24)37/h3-6,9-11,13-21,23,26,30,32,37H,1-2,7-8,12H2/t23-,26?,30?,32?,37?/m0/s1. The van der Waals surface area contributed by atoms with Gasteiger partial charge in [-0.15, -0.1) is 17.9 Å². The molecule has 9 rings (SSSR count). The summed E-state index contributed by atoms with van der Waals surface area (Å²) in [6.45, 7) is 8.82. The second-order valence-corrected chi connectivity index (χ2v) is 13.1. The summed E-state index contributed by atoms with van der Waals surface area (Å²) < 4.78 is 8.26. The summed E-state index contributed by atoms with van der Waals surface area (Å²) in [5.41, 5.74) is 10.2. The Hall–Kier alpha value is -4.08. The Bertz CT molecular complexity index is 1870. The van der Waals surface area contributed by atoms with Crippen LogP contribution >= 0.6 is 11.3 Å². The number of ether oxygens (including phenoxy) is 1. The number of allylic oxidation sites excluding steroid dienone is 9. The van der Waals surface area contributed by atoms with Crippen LogP contribution in [0.25, 0.3) is 21.7 Å². The van der Waals surface area contributed by atoms with Crippen molar-refractivity contribution < 1.29 is 4.74 Å². The molecule has 1 aromatic heterocycles. The maximum atomic E-state index is 6.89. The molecule has 41 heavy (non-hydrogen) atoms. The van der Waals surface area contributed by atoms with Gasteiger partial charge in [-0.1, -0.05) is 73.4 Å². The van der Waals surface area contributed by atoms with Gasteiger partial charge in [0.25, 0.3) is 0 Å². The fourth-order valence-corrected chi connectivity index (χ4v) is 9.20. The number of hydrogen-bond acceptors (Lipinski definition) is 3. The average Bonchev–Trinajstić information content (AvgIpc) is 3.66. The van der Waals surface area contributed by atoms with E-state index in [9.17, 15) is 0 Å². The topological polar surface area (TPSA) is 12.5 Å². The van der Waals surface area contributed by atoms with Gasteiger partial charge in [-0.25, -0.2) is 0 Å². The fourth-order valence-electron chi connectivity index (χ4n) is 8.01. The highest BCUT2D eigenvalue weighted by atomic mass is 32.1. The Morgan fingerprint density at radius 3 is 2.85 bits per heavy atom. The summed E-state index contributed by atoms with van der Waals surface area (Å²) in [5.74, 6) is 2.05. The van der Waals surface area contributed by atoms with Crippen LogP contribution in [0.15, 0.2) is 115 Å². The van der Waals surface area contributed by atoms with Crippen LogP contribution < -0.4 is 9.64 Å². The molecule has 4 aliphatic carbocycles. The molecule has 3 aromatic rings. The predicted octanol–water partition coefficient (Wildman–Crippen LogP) is 9.61. The van der Waals surface area contributed by atoms with Crippen LogP contribution in [0, 0.1) is 11.8 Å². The predicted molar refractivity (Wildman–Crippen MR) is 173 cm³/mol. The first-order valence-electron chi connectivity index (χ1n) is 14.8. The largest absolute Gasteiger partial charge is 0.484 e. The van der Waals surface area contributed by atoms with E-state index in [2.05, 4.69) is 103 Å². The fraction of sp³-hybridized carbons (Fsp3) is 0.211. The smallest absolute Gasteiger partial charge is 0.133 e. The van der Waals surface area contributed by atoms with Crippen LogP contribution in [-0.2, 0) is 6.42 Å². The molecule has 200 valence electrons. The lowest BCUT2D eigenvalue weighted by molar-refractivity contribution is 0.258. The van der Waals surface area contributed by atoms with Crippen molar-refractivity contribution >= 4 is 44.4 Å². The zero-order chi connectivity index (χ0) is 27.2. The number of thiophene rings is 1. The minimum Gasteiger partial charge on any atom is -0.484 e. The van der Waals surface area contributed by atoms with Crippen LogP contribution in [0.4, 0.5) is 11.4 Å². The number of anilines is 2. The Morgan fingerprint density at radius 1 is 1.02 bits per heavy atom. The molecule has 2 nitrogen and oxygen atoms in total. The van der Waals surface area contributed by atoms with Crippen molar-refractivity contribution in [3.05, 3.63) is 137 Å². The summed E-state index contributed by atoms with van der Waals surface area (Å²) in [6, 6.07) is 11.8. The molecule has 2 aliphatic heterocycles. The van der Waals surface area contributed by atoms with Gasteiger partial charge in [-0.3, -0.25) is 0 Å². The van der Waals surface area contributed by atoms with Crippen molar-refractivity contribution in [2.45, 2.75) is 37.3 Å². The van der Waals surface area contributed by atoms with E-state index < -0.39 is 0 Å². The lowest BCUT2D eigenvalue weighted by Gasteiger charge is -2.36. The number of hydrogen-bond donors (Lipinski definition) is 0. The normalized spacial score (nSPS) is 27.9. The molecule has 0 fully saturated rings. The maximum absolute atomic E-state index is 6.89. The lowest BCUT2D eigenvalue weighted by atomic mass is 9.68. The molecule has 3 heterocycles. The van der Waals surface area contributed by atoms with Crippen molar-refractivity contribution in [3.8, 4) is 5.75 Å². The summed E-state index contributed by atoms with van der Waals surface area (Å²) in [5, 5.41) is 1.36. The van der Waals surface area contributed by atoms with Gasteiger partial charge < -0.3 is 9.64 Å². The van der Waals surface area contributed by atoms with Crippen LogP contribution in [0.3, 0.4) is 0 Å². The molecular formula is C38H31NOS. The second-order valence-electron chi connectivity index (χ2n) is 11.9. The van der Waals surface area contributed by atoms with Gasteiger partial charge in [-0.05, 0) is 71.9 Å². The molecule has 4 unspecified atom stereocenters. The summed E-state index contributed by atoms with van der Waals surface area (Å²) in [7, 11) is 0. The third kappa shape index (κ3) is 3.24. The lowest BCUT2D eigenvalue weighted by Crippen LogP contribution is -2.29. The molecular weight excluding hydrogens is 518 g/mol.